The first-order valence-electron chi connectivity index (χ1n) is 6.78. The van der Waals surface area contributed by atoms with Crippen LogP contribution in [0, 0.1) is 18.6 Å². The van der Waals surface area contributed by atoms with E-state index >= 15 is 0 Å². The van der Waals surface area contributed by atoms with Crippen molar-refractivity contribution in [2.45, 2.75) is 26.1 Å². The molecule has 21 heavy (non-hydrogen) atoms. The molecule has 0 radical (unpaired) electrons. The summed E-state index contributed by atoms with van der Waals surface area (Å²) in [7, 11) is 0. The van der Waals surface area contributed by atoms with Gasteiger partial charge in [-0.25, -0.2) is 8.78 Å². The molecule has 0 amide bonds. The lowest BCUT2D eigenvalue weighted by atomic mass is 10.1. The van der Waals surface area contributed by atoms with Crippen LogP contribution in [0.5, 0.6) is 0 Å². The van der Waals surface area contributed by atoms with E-state index in [9.17, 15) is 13.9 Å². The number of hydrogen-bond acceptors (Lipinski definition) is 4. The van der Waals surface area contributed by atoms with Gasteiger partial charge < -0.3 is 9.67 Å². The number of aliphatic hydroxyl groups excluding tert-OH is 1. The molecule has 0 aliphatic carbocycles. The zero-order chi connectivity index (χ0) is 15.0. The first-order chi connectivity index (χ1) is 10.0. The monoisotopic (exact) mass is 294 g/mol. The highest BCUT2D eigenvalue weighted by Gasteiger charge is 2.22. The number of aromatic nitrogens is 3. The van der Waals surface area contributed by atoms with Gasteiger partial charge in [0, 0.05) is 19.6 Å². The average Bonchev–Trinajstić information content (AvgIpc) is 2.83. The average molecular weight is 294 g/mol. The van der Waals surface area contributed by atoms with Crippen LogP contribution in [0.1, 0.15) is 23.3 Å². The Morgan fingerprint density at radius 1 is 1.24 bits per heavy atom. The maximum Gasteiger partial charge on any atom is 0.159 e. The number of rotatable bonds is 3. The van der Waals surface area contributed by atoms with Gasteiger partial charge >= 0.3 is 0 Å². The van der Waals surface area contributed by atoms with Gasteiger partial charge in [0.1, 0.15) is 11.6 Å². The Hall–Kier alpha value is -1.86. The van der Waals surface area contributed by atoms with Crippen molar-refractivity contribution in [2.24, 2.45) is 0 Å². The van der Waals surface area contributed by atoms with E-state index in [-0.39, 0.29) is 0 Å². The van der Waals surface area contributed by atoms with Crippen molar-refractivity contribution in [3.05, 3.63) is 47.0 Å². The van der Waals surface area contributed by atoms with Crippen molar-refractivity contribution in [1.29, 1.82) is 0 Å². The normalized spacial score (nSPS) is 16.8. The maximum atomic E-state index is 13.2. The molecule has 1 N–H and O–H groups in total. The molecule has 112 valence electrons. The molecular formula is C14H16F2N4O. The van der Waals surface area contributed by atoms with Crippen LogP contribution in [0.2, 0.25) is 0 Å². The van der Waals surface area contributed by atoms with Gasteiger partial charge in [-0.1, -0.05) is 6.07 Å². The Morgan fingerprint density at radius 3 is 2.81 bits per heavy atom. The van der Waals surface area contributed by atoms with Crippen LogP contribution < -0.4 is 0 Å². The smallest absolute Gasteiger partial charge is 0.159 e. The highest BCUT2D eigenvalue weighted by molar-refractivity contribution is 5.20. The molecule has 1 aromatic heterocycles. The summed E-state index contributed by atoms with van der Waals surface area (Å²) in [4.78, 5) is 2.02. The fourth-order valence-corrected chi connectivity index (χ4v) is 2.58. The van der Waals surface area contributed by atoms with E-state index in [1.54, 1.807) is 0 Å². The SMILES string of the molecule is Cc1nnc2n1CCN(C[C@@H](O)c1ccc(F)c(F)c1)C2. The third-order valence-electron chi connectivity index (χ3n) is 3.78. The molecule has 5 nitrogen and oxygen atoms in total. The number of benzene rings is 1. The Bertz CT molecular complexity index is 658. The Balaban J connectivity index is 1.68. The van der Waals surface area contributed by atoms with E-state index in [4.69, 9.17) is 0 Å². The Morgan fingerprint density at radius 2 is 2.05 bits per heavy atom. The molecule has 1 aliphatic heterocycles. The van der Waals surface area contributed by atoms with Crippen molar-refractivity contribution in [3.8, 4) is 0 Å². The van der Waals surface area contributed by atoms with Crippen molar-refractivity contribution in [1.82, 2.24) is 19.7 Å². The van der Waals surface area contributed by atoms with Gasteiger partial charge in [0.05, 0.1) is 12.6 Å². The molecule has 1 aromatic carbocycles. The van der Waals surface area contributed by atoms with Crippen molar-refractivity contribution in [3.63, 3.8) is 0 Å². The molecule has 0 spiro atoms. The summed E-state index contributed by atoms with van der Waals surface area (Å²) < 4.78 is 28.1. The van der Waals surface area contributed by atoms with Gasteiger partial charge in [-0.2, -0.15) is 0 Å². The molecule has 0 saturated heterocycles. The highest BCUT2D eigenvalue weighted by Crippen LogP contribution is 2.20. The van der Waals surface area contributed by atoms with E-state index in [1.807, 2.05) is 16.4 Å². The van der Waals surface area contributed by atoms with Gasteiger partial charge in [-0.15, -0.1) is 10.2 Å². The van der Waals surface area contributed by atoms with E-state index < -0.39 is 17.7 Å². The number of hydrogen-bond donors (Lipinski definition) is 1. The van der Waals surface area contributed by atoms with Gasteiger partial charge in [-0.3, -0.25) is 4.90 Å². The van der Waals surface area contributed by atoms with E-state index in [1.165, 1.54) is 6.07 Å². The second-order valence-corrected chi connectivity index (χ2v) is 5.24. The van der Waals surface area contributed by atoms with Crippen molar-refractivity contribution in [2.75, 3.05) is 13.1 Å². The van der Waals surface area contributed by atoms with Gasteiger partial charge in [0.2, 0.25) is 0 Å². The largest absolute Gasteiger partial charge is 0.387 e. The first-order valence-corrected chi connectivity index (χ1v) is 6.78. The molecule has 0 fully saturated rings. The van der Waals surface area contributed by atoms with E-state index in [0.29, 0.717) is 18.7 Å². The zero-order valence-electron chi connectivity index (χ0n) is 11.6. The lowest BCUT2D eigenvalue weighted by Gasteiger charge is -2.29. The van der Waals surface area contributed by atoms with E-state index in [0.717, 1.165) is 36.9 Å². The molecule has 2 heterocycles. The summed E-state index contributed by atoms with van der Waals surface area (Å²) in [5.41, 5.74) is 0.372. The summed E-state index contributed by atoms with van der Waals surface area (Å²) in [5.74, 6) is -0.116. The minimum Gasteiger partial charge on any atom is -0.387 e. The summed E-state index contributed by atoms with van der Waals surface area (Å²) in [6.45, 7) is 4.35. The quantitative estimate of drug-likeness (QED) is 0.930. The standard InChI is InChI=1S/C14H16F2N4O/c1-9-17-18-14-8-19(4-5-20(9)14)7-13(21)10-2-3-11(15)12(16)6-10/h2-3,6,13,21H,4-5,7-8H2,1H3/t13-/m1/s1. The van der Waals surface area contributed by atoms with Gasteiger partial charge in [0.25, 0.3) is 0 Å². The van der Waals surface area contributed by atoms with Crippen LogP contribution in [0.3, 0.4) is 0 Å². The molecule has 1 aliphatic rings. The number of fused-ring (bicyclic) bond motifs is 1. The molecular weight excluding hydrogens is 278 g/mol. The lowest BCUT2D eigenvalue weighted by molar-refractivity contribution is 0.0957. The van der Waals surface area contributed by atoms with Crippen LogP contribution in [0.25, 0.3) is 0 Å². The minimum absolute atomic E-state index is 0.344. The molecule has 3 rings (SSSR count). The van der Waals surface area contributed by atoms with Crippen molar-refractivity contribution < 1.29 is 13.9 Å². The number of nitrogens with zero attached hydrogens (tertiary/aromatic N) is 4. The third-order valence-corrected chi connectivity index (χ3v) is 3.78. The predicted octanol–water partition coefficient (Wildman–Crippen LogP) is 1.41. The molecule has 0 saturated carbocycles. The topological polar surface area (TPSA) is 54.2 Å². The van der Waals surface area contributed by atoms with Gasteiger partial charge in [0.15, 0.2) is 11.6 Å². The fourth-order valence-electron chi connectivity index (χ4n) is 2.58. The van der Waals surface area contributed by atoms with Gasteiger partial charge in [-0.05, 0) is 24.6 Å². The van der Waals surface area contributed by atoms with Crippen LogP contribution >= 0.6 is 0 Å². The molecule has 2 aromatic rings. The third kappa shape index (κ3) is 2.79. The molecule has 0 unspecified atom stereocenters. The molecule has 0 bridgehead atoms. The Labute approximate surface area is 120 Å². The predicted molar refractivity (Wildman–Crippen MR) is 71.4 cm³/mol. The number of β-amino-alcohol motifs (C(OH)–C–C–N with tert-alkyl or cyclic N) is 1. The number of aliphatic hydroxyl groups is 1. The summed E-state index contributed by atoms with van der Waals surface area (Å²) in [6, 6.07) is 3.47. The molecule has 7 heteroatoms. The second-order valence-electron chi connectivity index (χ2n) is 5.24. The lowest BCUT2D eigenvalue weighted by Crippen LogP contribution is -2.36. The van der Waals surface area contributed by atoms with Crippen LogP contribution in [0.15, 0.2) is 18.2 Å². The Kier molecular flexibility index (Phi) is 3.69. The van der Waals surface area contributed by atoms with Crippen LogP contribution in [0.4, 0.5) is 8.78 Å². The van der Waals surface area contributed by atoms with Crippen LogP contribution in [-0.2, 0) is 13.1 Å². The zero-order valence-corrected chi connectivity index (χ0v) is 11.6. The van der Waals surface area contributed by atoms with Crippen molar-refractivity contribution >= 4 is 0 Å². The highest BCUT2D eigenvalue weighted by atomic mass is 19.2. The second kappa shape index (κ2) is 5.50. The maximum absolute atomic E-state index is 13.2. The summed E-state index contributed by atoms with van der Waals surface area (Å²) in [6.07, 6.45) is -0.865. The summed E-state index contributed by atoms with van der Waals surface area (Å²) in [5, 5.41) is 18.3. The fraction of sp³-hybridized carbons (Fsp3) is 0.429. The van der Waals surface area contributed by atoms with E-state index in [2.05, 4.69) is 10.2 Å². The first kappa shape index (κ1) is 14.1. The number of halogens is 2. The summed E-state index contributed by atoms with van der Waals surface area (Å²) >= 11 is 0. The number of aryl methyl sites for hydroxylation is 1. The minimum atomic E-state index is -0.944. The molecule has 1 atom stereocenters. The van der Waals surface area contributed by atoms with Crippen LogP contribution in [-0.4, -0.2) is 37.9 Å².